The topological polar surface area (TPSA) is 38.3 Å². The highest BCUT2D eigenvalue weighted by atomic mass is 16.5. The molecule has 0 radical (unpaired) electrons. The van der Waals surface area contributed by atoms with E-state index < -0.39 is 6.09 Å². The van der Waals surface area contributed by atoms with Crippen LogP contribution in [0.2, 0.25) is 0 Å². The zero-order valence-electron chi connectivity index (χ0n) is 13.3. The molecule has 0 aliphatic carbocycles. The molecule has 3 aromatic rings. The van der Waals surface area contributed by atoms with Gasteiger partial charge in [0.25, 0.3) is 0 Å². The quantitative estimate of drug-likeness (QED) is 0.735. The van der Waals surface area contributed by atoms with Gasteiger partial charge in [-0.15, -0.1) is 0 Å². The zero-order valence-corrected chi connectivity index (χ0v) is 13.3. The minimum absolute atomic E-state index is 0.277. The van der Waals surface area contributed by atoms with Crippen molar-refractivity contribution in [1.82, 2.24) is 5.32 Å². The molecule has 3 heteroatoms. The summed E-state index contributed by atoms with van der Waals surface area (Å²) in [5, 5.41) is 2.77. The van der Waals surface area contributed by atoms with Crippen LogP contribution in [0.4, 0.5) is 4.79 Å². The lowest BCUT2D eigenvalue weighted by molar-refractivity contribution is 0.139. The van der Waals surface area contributed by atoms with Crippen molar-refractivity contribution >= 4 is 6.09 Å². The maximum Gasteiger partial charge on any atom is 0.407 e. The Labute approximate surface area is 141 Å². The molecular formula is C21H19NO2. The van der Waals surface area contributed by atoms with Gasteiger partial charge < -0.3 is 10.1 Å². The number of benzene rings is 3. The molecule has 1 amide bonds. The molecule has 0 atom stereocenters. The van der Waals surface area contributed by atoms with Crippen molar-refractivity contribution in [2.45, 2.75) is 13.2 Å². The predicted molar refractivity (Wildman–Crippen MR) is 95.3 cm³/mol. The van der Waals surface area contributed by atoms with Gasteiger partial charge in [-0.25, -0.2) is 4.79 Å². The summed E-state index contributed by atoms with van der Waals surface area (Å²) in [6.07, 6.45) is -0.411. The van der Waals surface area contributed by atoms with Crippen LogP contribution in [0.5, 0.6) is 0 Å². The van der Waals surface area contributed by atoms with E-state index in [0.29, 0.717) is 6.54 Å². The van der Waals surface area contributed by atoms with Crippen LogP contribution in [-0.4, -0.2) is 6.09 Å². The van der Waals surface area contributed by atoms with Crippen LogP contribution in [-0.2, 0) is 17.9 Å². The number of alkyl carbamates (subject to hydrolysis) is 1. The second-order valence-electron chi connectivity index (χ2n) is 5.48. The van der Waals surface area contributed by atoms with Gasteiger partial charge in [-0.1, -0.05) is 84.9 Å². The average molecular weight is 317 g/mol. The minimum Gasteiger partial charge on any atom is -0.445 e. The zero-order chi connectivity index (χ0) is 16.6. The predicted octanol–water partition coefficient (Wildman–Crippen LogP) is 4.78. The van der Waals surface area contributed by atoms with Crippen LogP contribution >= 0.6 is 0 Å². The Kier molecular flexibility index (Phi) is 5.25. The van der Waals surface area contributed by atoms with Gasteiger partial charge in [0.1, 0.15) is 6.61 Å². The van der Waals surface area contributed by atoms with Gasteiger partial charge in [0, 0.05) is 6.54 Å². The molecule has 0 aliphatic rings. The number of hydrogen-bond acceptors (Lipinski definition) is 2. The van der Waals surface area contributed by atoms with Crippen LogP contribution in [0.15, 0.2) is 84.9 Å². The third-order valence-electron chi connectivity index (χ3n) is 3.71. The summed E-state index contributed by atoms with van der Waals surface area (Å²) in [4.78, 5) is 11.7. The summed E-state index contributed by atoms with van der Waals surface area (Å²) in [6, 6.07) is 28.0. The third kappa shape index (κ3) is 4.46. The van der Waals surface area contributed by atoms with Crippen molar-refractivity contribution < 1.29 is 9.53 Å². The Morgan fingerprint density at radius 3 is 1.96 bits per heavy atom. The molecule has 3 nitrogen and oxygen atoms in total. The molecule has 0 bridgehead atoms. The number of nitrogens with one attached hydrogen (secondary N) is 1. The number of ether oxygens (including phenoxy) is 1. The molecule has 120 valence electrons. The van der Waals surface area contributed by atoms with Gasteiger partial charge in [-0.2, -0.15) is 0 Å². The van der Waals surface area contributed by atoms with Crippen molar-refractivity contribution in [3.8, 4) is 11.1 Å². The standard InChI is InChI=1S/C21H19NO2/c23-21(24-16-18-7-3-1-4-8-18)22-15-17-11-13-20(14-12-17)19-9-5-2-6-10-19/h1-14H,15-16H2,(H,22,23). The third-order valence-corrected chi connectivity index (χ3v) is 3.71. The van der Waals surface area contributed by atoms with E-state index in [4.69, 9.17) is 4.74 Å². The van der Waals surface area contributed by atoms with Crippen molar-refractivity contribution in [3.63, 3.8) is 0 Å². The largest absolute Gasteiger partial charge is 0.445 e. The molecule has 0 aliphatic heterocycles. The van der Waals surface area contributed by atoms with E-state index in [1.165, 1.54) is 5.56 Å². The average Bonchev–Trinajstić information content (AvgIpc) is 2.67. The summed E-state index contributed by atoms with van der Waals surface area (Å²) in [6.45, 7) is 0.725. The molecule has 3 rings (SSSR count). The Morgan fingerprint density at radius 1 is 0.708 bits per heavy atom. The molecule has 0 saturated carbocycles. The van der Waals surface area contributed by atoms with Gasteiger partial charge in [0.2, 0.25) is 0 Å². The van der Waals surface area contributed by atoms with Crippen molar-refractivity contribution in [1.29, 1.82) is 0 Å². The van der Waals surface area contributed by atoms with E-state index in [1.807, 2.05) is 60.7 Å². The van der Waals surface area contributed by atoms with E-state index in [2.05, 4.69) is 29.6 Å². The molecule has 0 saturated heterocycles. The lowest BCUT2D eigenvalue weighted by Gasteiger charge is -2.08. The van der Waals surface area contributed by atoms with Crippen molar-refractivity contribution in [3.05, 3.63) is 96.1 Å². The Hall–Kier alpha value is -3.07. The first-order chi connectivity index (χ1) is 11.8. The monoisotopic (exact) mass is 317 g/mol. The number of rotatable bonds is 5. The van der Waals surface area contributed by atoms with Gasteiger partial charge in [0.05, 0.1) is 0 Å². The first-order valence-electron chi connectivity index (χ1n) is 7.90. The summed E-state index contributed by atoms with van der Waals surface area (Å²) < 4.78 is 5.19. The minimum atomic E-state index is -0.411. The Bertz CT molecular complexity index is 768. The van der Waals surface area contributed by atoms with Crippen LogP contribution < -0.4 is 5.32 Å². The highest BCUT2D eigenvalue weighted by Crippen LogP contribution is 2.19. The molecule has 0 unspecified atom stereocenters. The SMILES string of the molecule is O=C(NCc1ccc(-c2ccccc2)cc1)OCc1ccccc1. The second-order valence-corrected chi connectivity index (χ2v) is 5.48. The normalized spacial score (nSPS) is 10.2. The molecule has 24 heavy (non-hydrogen) atoms. The van der Waals surface area contributed by atoms with Crippen LogP contribution in [0.3, 0.4) is 0 Å². The number of carbonyl (C=O) groups excluding carboxylic acids is 1. The molecule has 0 aromatic heterocycles. The summed E-state index contributed by atoms with van der Waals surface area (Å²) in [5.41, 5.74) is 4.34. The van der Waals surface area contributed by atoms with E-state index in [0.717, 1.165) is 16.7 Å². The van der Waals surface area contributed by atoms with Crippen LogP contribution in [0.1, 0.15) is 11.1 Å². The number of hydrogen-bond donors (Lipinski definition) is 1. The van der Waals surface area contributed by atoms with Crippen LogP contribution in [0.25, 0.3) is 11.1 Å². The molecular weight excluding hydrogens is 298 g/mol. The fourth-order valence-corrected chi connectivity index (χ4v) is 2.39. The number of amides is 1. The Morgan fingerprint density at radius 2 is 1.29 bits per heavy atom. The lowest BCUT2D eigenvalue weighted by Crippen LogP contribution is -2.23. The first-order valence-corrected chi connectivity index (χ1v) is 7.90. The van der Waals surface area contributed by atoms with E-state index in [1.54, 1.807) is 0 Å². The summed E-state index contributed by atoms with van der Waals surface area (Å²) >= 11 is 0. The smallest absolute Gasteiger partial charge is 0.407 e. The van der Waals surface area contributed by atoms with Gasteiger partial charge >= 0.3 is 6.09 Å². The summed E-state index contributed by atoms with van der Waals surface area (Å²) in [5.74, 6) is 0. The molecule has 0 heterocycles. The molecule has 0 spiro atoms. The van der Waals surface area contributed by atoms with Gasteiger partial charge in [0.15, 0.2) is 0 Å². The fraction of sp³-hybridized carbons (Fsp3) is 0.0952. The summed E-state index contributed by atoms with van der Waals surface area (Å²) in [7, 11) is 0. The van der Waals surface area contributed by atoms with E-state index in [9.17, 15) is 4.79 Å². The Balaban J connectivity index is 1.49. The van der Waals surface area contributed by atoms with Crippen molar-refractivity contribution in [2.24, 2.45) is 0 Å². The van der Waals surface area contributed by atoms with E-state index in [-0.39, 0.29) is 6.61 Å². The van der Waals surface area contributed by atoms with Crippen LogP contribution in [0, 0.1) is 0 Å². The van der Waals surface area contributed by atoms with Crippen molar-refractivity contribution in [2.75, 3.05) is 0 Å². The van der Waals surface area contributed by atoms with Gasteiger partial charge in [-0.05, 0) is 22.3 Å². The van der Waals surface area contributed by atoms with E-state index >= 15 is 0 Å². The molecule has 1 N–H and O–H groups in total. The molecule has 3 aromatic carbocycles. The first kappa shape index (κ1) is 15.8. The number of carbonyl (C=O) groups is 1. The highest BCUT2D eigenvalue weighted by molar-refractivity contribution is 5.67. The lowest BCUT2D eigenvalue weighted by atomic mass is 10.0. The highest BCUT2D eigenvalue weighted by Gasteiger charge is 2.03. The maximum atomic E-state index is 11.7. The van der Waals surface area contributed by atoms with Gasteiger partial charge in [-0.3, -0.25) is 0 Å². The fourth-order valence-electron chi connectivity index (χ4n) is 2.39. The maximum absolute atomic E-state index is 11.7. The molecule has 0 fully saturated rings. The second kappa shape index (κ2) is 7.97.